The molecule has 0 saturated carbocycles. The number of imidazole rings is 1. The number of nitrogens with one attached hydrogen (secondary N) is 3. The highest BCUT2D eigenvalue weighted by Crippen LogP contribution is 2.15. The number of aromatic nitrogens is 5. The summed E-state index contributed by atoms with van der Waals surface area (Å²) in [6.07, 6.45) is 8.93. The van der Waals surface area contributed by atoms with Crippen LogP contribution in [0.4, 0.5) is 10.5 Å². The number of pyridine rings is 1. The zero-order valence-corrected chi connectivity index (χ0v) is 22.3. The number of allylic oxidation sites excluding steroid dienone is 1. The molecule has 3 aromatic rings. The Morgan fingerprint density at radius 2 is 2.03 bits per heavy atom. The van der Waals surface area contributed by atoms with Crippen LogP contribution in [-0.2, 0) is 22.6 Å². The first kappa shape index (κ1) is 29.0. The van der Waals surface area contributed by atoms with Gasteiger partial charge in [0.1, 0.15) is 29.4 Å². The van der Waals surface area contributed by atoms with Gasteiger partial charge in [0.25, 0.3) is 5.56 Å². The summed E-state index contributed by atoms with van der Waals surface area (Å²) in [5.41, 5.74) is 1.65. The molecule has 4 N–H and O–H groups in total. The van der Waals surface area contributed by atoms with Crippen LogP contribution in [0.1, 0.15) is 50.5 Å². The number of anilines is 1. The minimum absolute atomic E-state index is 0.00539. The van der Waals surface area contributed by atoms with Crippen LogP contribution in [0.2, 0.25) is 0 Å². The molecule has 13 nitrogen and oxygen atoms in total. The van der Waals surface area contributed by atoms with E-state index in [1.165, 1.54) is 27.9 Å². The SMILES string of the molecule is CCCCCc1ncnc2nc(Cn3cccc(NC(=O)[C@H](CC/C=C/C(=O)N(C)C)NC(=O)O)c3=O)[nH]c12. The van der Waals surface area contributed by atoms with Crippen LogP contribution in [0.25, 0.3) is 11.2 Å². The third-order valence-electron chi connectivity index (χ3n) is 5.97. The molecule has 3 aromatic heterocycles. The molecule has 1 atom stereocenters. The van der Waals surface area contributed by atoms with Gasteiger partial charge in [-0.3, -0.25) is 14.4 Å². The number of carbonyl (C=O) groups excluding carboxylic acids is 2. The highest BCUT2D eigenvalue weighted by molar-refractivity contribution is 5.96. The van der Waals surface area contributed by atoms with Gasteiger partial charge in [0, 0.05) is 20.3 Å². The average molecular weight is 539 g/mol. The molecular formula is C26H34N8O5. The molecule has 0 bridgehead atoms. The summed E-state index contributed by atoms with van der Waals surface area (Å²) in [5, 5.41) is 13.8. The Morgan fingerprint density at radius 1 is 1.23 bits per heavy atom. The van der Waals surface area contributed by atoms with Crippen molar-refractivity contribution in [1.29, 1.82) is 0 Å². The Labute approximate surface area is 225 Å². The van der Waals surface area contributed by atoms with Crippen LogP contribution in [-0.4, -0.2) is 72.6 Å². The number of H-pyrrole nitrogens is 1. The molecule has 0 aromatic carbocycles. The number of unbranched alkanes of at least 4 members (excludes halogenated alkanes) is 2. The topological polar surface area (TPSA) is 175 Å². The van der Waals surface area contributed by atoms with Crippen LogP contribution >= 0.6 is 0 Å². The standard InChI is InChI=1S/C26H34N8O5/c1-4-5-6-10-17-22-23(28-16-27-17)32-20(31-22)15-34-14-9-12-19(25(34)37)29-24(36)18(30-26(38)39)11-7-8-13-21(35)33(2)3/h8-9,12-14,16,18,30H,4-7,10-11,15H2,1-3H3,(H,29,36)(H,38,39)(H,27,28,31,32)/b13-8+/t18-/m0/s1. The zero-order chi connectivity index (χ0) is 28.4. The van der Waals surface area contributed by atoms with Crippen LogP contribution < -0.4 is 16.2 Å². The van der Waals surface area contributed by atoms with Gasteiger partial charge in [-0.1, -0.05) is 25.8 Å². The Balaban J connectivity index is 1.72. The van der Waals surface area contributed by atoms with Gasteiger partial charge in [-0.2, -0.15) is 0 Å². The van der Waals surface area contributed by atoms with E-state index >= 15 is 0 Å². The van der Waals surface area contributed by atoms with E-state index in [1.807, 2.05) is 0 Å². The van der Waals surface area contributed by atoms with Gasteiger partial charge in [0.05, 0.1) is 12.2 Å². The van der Waals surface area contributed by atoms with E-state index in [0.717, 1.165) is 36.9 Å². The Kier molecular flexibility index (Phi) is 10.3. The first-order valence-corrected chi connectivity index (χ1v) is 12.8. The molecule has 39 heavy (non-hydrogen) atoms. The zero-order valence-electron chi connectivity index (χ0n) is 22.3. The number of hydrogen-bond donors (Lipinski definition) is 4. The first-order valence-electron chi connectivity index (χ1n) is 12.8. The Bertz CT molecular complexity index is 1390. The Hall–Kier alpha value is -4.55. The second-order valence-corrected chi connectivity index (χ2v) is 9.22. The van der Waals surface area contributed by atoms with E-state index < -0.39 is 23.6 Å². The molecule has 208 valence electrons. The number of fused-ring (bicyclic) bond motifs is 1. The summed E-state index contributed by atoms with van der Waals surface area (Å²) in [6.45, 7) is 2.24. The highest BCUT2D eigenvalue weighted by Gasteiger charge is 2.21. The number of nitrogens with zero attached hydrogens (tertiary/aromatic N) is 5. The van der Waals surface area contributed by atoms with Crippen molar-refractivity contribution in [1.82, 2.24) is 34.7 Å². The van der Waals surface area contributed by atoms with Crippen molar-refractivity contribution in [3.8, 4) is 0 Å². The lowest BCUT2D eigenvalue weighted by Gasteiger charge is -2.16. The third-order valence-corrected chi connectivity index (χ3v) is 5.97. The highest BCUT2D eigenvalue weighted by atomic mass is 16.4. The normalized spacial score (nSPS) is 12.0. The fraction of sp³-hybridized carbons (Fsp3) is 0.423. The number of rotatable bonds is 13. The number of likely N-dealkylation sites (N-methyl/N-ethyl adjacent to an activating group) is 1. The molecule has 3 rings (SSSR count). The molecule has 0 saturated heterocycles. The fourth-order valence-electron chi connectivity index (χ4n) is 3.88. The molecule has 13 heteroatoms. The predicted octanol–water partition coefficient (Wildman–Crippen LogP) is 2.29. The van der Waals surface area contributed by atoms with Crippen molar-refractivity contribution in [3.05, 3.63) is 58.7 Å². The molecule has 0 aliphatic carbocycles. The van der Waals surface area contributed by atoms with Crippen LogP contribution in [0.3, 0.4) is 0 Å². The minimum atomic E-state index is -1.38. The van der Waals surface area contributed by atoms with Crippen LogP contribution in [0.5, 0.6) is 0 Å². The van der Waals surface area contributed by atoms with Gasteiger partial charge in [-0.15, -0.1) is 0 Å². The van der Waals surface area contributed by atoms with Gasteiger partial charge in [0.15, 0.2) is 5.65 Å². The molecular weight excluding hydrogens is 504 g/mol. The van der Waals surface area contributed by atoms with E-state index in [1.54, 1.807) is 32.4 Å². The number of carboxylic acid groups (broad SMARTS) is 1. The summed E-state index contributed by atoms with van der Waals surface area (Å²) in [6, 6.07) is 1.92. The molecule has 3 amide bonds. The average Bonchev–Trinajstić information content (AvgIpc) is 3.31. The van der Waals surface area contributed by atoms with E-state index in [0.29, 0.717) is 11.5 Å². The summed E-state index contributed by atoms with van der Waals surface area (Å²) < 4.78 is 1.38. The van der Waals surface area contributed by atoms with Crippen molar-refractivity contribution in [3.63, 3.8) is 0 Å². The summed E-state index contributed by atoms with van der Waals surface area (Å²) in [7, 11) is 3.21. The summed E-state index contributed by atoms with van der Waals surface area (Å²) in [4.78, 5) is 66.5. The molecule has 0 radical (unpaired) electrons. The van der Waals surface area contributed by atoms with Crippen molar-refractivity contribution in [2.75, 3.05) is 19.4 Å². The first-order chi connectivity index (χ1) is 18.7. The van der Waals surface area contributed by atoms with Gasteiger partial charge >= 0.3 is 6.09 Å². The Morgan fingerprint density at radius 3 is 2.74 bits per heavy atom. The van der Waals surface area contributed by atoms with Crippen molar-refractivity contribution in [2.45, 2.75) is 58.0 Å². The van der Waals surface area contributed by atoms with E-state index in [4.69, 9.17) is 5.11 Å². The van der Waals surface area contributed by atoms with E-state index in [2.05, 4.69) is 37.5 Å². The minimum Gasteiger partial charge on any atom is -0.465 e. The lowest BCUT2D eigenvalue weighted by molar-refractivity contribution is -0.123. The molecule has 0 aliphatic rings. The van der Waals surface area contributed by atoms with Crippen molar-refractivity contribution >= 4 is 34.8 Å². The maximum absolute atomic E-state index is 13.1. The summed E-state index contributed by atoms with van der Waals surface area (Å²) >= 11 is 0. The maximum Gasteiger partial charge on any atom is 0.405 e. The van der Waals surface area contributed by atoms with E-state index in [-0.39, 0.29) is 31.0 Å². The number of aromatic amines is 1. The van der Waals surface area contributed by atoms with Gasteiger partial charge in [-0.25, -0.2) is 19.7 Å². The van der Waals surface area contributed by atoms with E-state index in [9.17, 15) is 19.2 Å². The number of carbonyl (C=O) groups is 3. The van der Waals surface area contributed by atoms with Crippen LogP contribution in [0, 0.1) is 0 Å². The number of hydrogen-bond acceptors (Lipinski definition) is 7. The second-order valence-electron chi connectivity index (χ2n) is 9.22. The van der Waals surface area contributed by atoms with Crippen molar-refractivity contribution < 1.29 is 19.5 Å². The predicted molar refractivity (Wildman–Crippen MR) is 145 cm³/mol. The third kappa shape index (κ3) is 8.22. The largest absolute Gasteiger partial charge is 0.465 e. The second kappa shape index (κ2) is 13.8. The smallest absolute Gasteiger partial charge is 0.405 e. The molecule has 3 heterocycles. The summed E-state index contributed by atoms with van der Waals surface area (Å²) in [5.74, 6) is -0.399. The lowest BCUT2D eigenvalue weighted by atomic mass is 10.1. The van der Waals surface area contributed by atoms with Gasteiger partial charge in [-0.05, 0) is 43.9 Å². The maximum atomic E-state index is 13.1. The monoisotopic (exact) mass is 538 g/mol. The van der Waals surface area contributed by atoms with Gasteiger partial charge in [0.2, 0.25) is 11.8 Å². The molecule has 0 fully saturated rings. The van der Waals surface area contributed by atoms with Gasteiger partial charge < -0.3 is 30.2 Å². The fourth-order valence-corrected chi connectivity index (χ4v) is 3.88. The lowest BCUT2D eigenvalue weighted by Crippen LogP contribution is -2.44. The number of aryl methyl sites for hydroxylation is 1. The molecule has 0 unspecified atom stereocenters. The quantitative estimate of drug-likeness (QED) is 0.189. The number of amides is 3. The molecule has 0 spiro atoms. The van der Waals surface area contributed by atoms with Crippen molar-refractivity contribution in [2.24, 2.45) is 0 Å². The molecule has 0 aliphatic heterocycles. The van der Waals surface area contributed by atoms with Crippen LogP contribution in [0.15, 0.2) is 41.6 Å².